The maximum atomic E-state index is 12.5. The van der Waals surface area contributed by atoms with Gasteiger partial charge in [0, 0.05) is 45.1 Å². The van der Waals surface area contributed by atoms with E-state index in [0.29, 0.717) is 19.5 Å². The van der Waals surface area contributed by atoms with Crippen molar-refractivity contribution in [3.8, 4) is 5.75 Å². The molecule has 0 bridgehead atoms. The van der Waals surface area contributed by atoms with Crippen LogP contribution in [0.25, 0.3) is 0 Å². The maximum Gasteiger partial charge on any atom is 0.573 e. The Hall–Kier alpha value is -2.25. The molecule has 28 heavy (non-hydrogen) atoms. The van der Waals surface area contributed by atoms with E-state index in [9.17, 15) is 22.8 Å². The largest absolute Gasteiger partial charge is 0.573 e. The summed E-state index contributed by atoms with van der Waals surface area (Å²) in [5, 5.41) is 0. The fraction of sp³-hybridized carbons (Fsp3) is 0.600. The molecule has 0 atom stereocenters. The van der Waals surface area contributed by atoms with Gasteiger partial charge in [0.05, 0.1) is 0 Å². The van der Waals surface area contributed by atoms with Crippen LogP contribution in [0.4, 0.5) is 13.2 Å². The minimum absolute atomic E-state index is 0.00315. The van der Waals surface area contributed by atoms with Gasteiger partial charge in [-0.3, -0.25) is 9.59 Å². The van der Waals surface area contributed by atoms with E-state index in [1.165, 1.54) is 30.1 Å². The summed E-state index contributed by atoms with van der Waals surface area (Å²) in [5.74, 6) is -0.519. The van der Waals surface area contributed by atoms with Crippen molar-refractivity contribution in [3.63, 3.8) is 0 Å². The maximum absolute atomic E-state index is 12.5. The third-order valence-electron chi connectivity index (χ3n) is 4.15. The van der Waals surface area contributed by atoms with Crippen LogP contribution in [0.15, 0.2) is 24.3 Å². The predicted molar refractivity (Wildman–Crippen MR) is 101 cm³/mol. The van der Waals surface area contributed by atoms with Gasteiger partial charge in [0.15, 0.2) is 0 Å². The van der Waals surface area contributed by atoms with E-state index >= 15 is 0 Å². The van der Waals surface area contributed by atoms with Crippen molar-refractivity contribution in [2.75, 3.05) is 20.1 Å². The van der Waals surface area contributed by atoms with Crippen LogP contribution >= 0.6 is 0 Å². The second kappa shape index (κ2) is 11.6. The molecular weight excluding hydrogens is 373 g/mol. The van der Waals surface area contributed by atoms with Gasteiger partial charge in [0.2, 0.25) is 11.8 Å². The van der Waals surface area contributed by atoms with Crippen molar-refractivity contribution < 1.29 is 27.5 Å². The van der Waals surface area contributed by atoms with Crippen molar-refractivity contribution >= 4 is 11.8 Å². The molecule has 2 amide bonds. The Balaban J connectivity index is 2.55. The van der Waals surface area contributed by atoms with Crippen molar-refractivity contribution in [1.82, 2.24) is 9.80 Å². The Labute approximate surface area is 164 Å². The number of hydrogen-bond acceptors (Lipinski definition) is 3. The normalized spacial score (nSPS) is 11.2. The first-order chi connectivity index (χ1) is 13.2. The lowest BCUT2D eigenvalue weighted by Gasteiger charge is -2.22. The lowest BCUT2D eigenvalue weighted by molar-refractivity contribution is -0.275. The highest BCUT2D eigenvalue weighted by Crippen LogP contribution is 2.27. The van der Waals surface area contributed by atoms with Crippen LogP contribution in [0.3, 0.4) is 0 Å². The van der Waals surface area contributed by atoms with E-state index < -0.39 is 6.36 Å². The second-order valence-electron chi connectivity index (χ2n) is 6.64. The third kappa shape index (κ3) is 8.63. The average molecular weight is 402 g/mol. The number of carbonyl (C=O) groups is 2. The summed E-state index contributed by atoms with van der Waals surface area (Å²) < 4.78 is 41.5. The third-order valence-corrected chi connectivity index (χ3v) is 4.15. The molecule has 0 radical (unpaired) electrons. The van der Waals surface area contributed by atoms with Crippen molar-refractivity contribution in [3.05, 3.63) is 29.8 Å². The highest BCUT2D eigenvalue weighted by molar-refractivity contribution is 5.79. The van der Waals surface area contributed by atoms with Gasteiger partial charge in [-0.05, 0) is 25.3 Å². The van der Waals surface area contributed by atoms with Crippen LogP contribution in [0.1, 0.15) is 51.5 Å². The van der Waals surface area contributed by atoms with Crippen molar-refractivity contribution in [2.24, 2.45) is 0 Å². The number of nitrogens with zero attached hydrogens (tertiary/aromatic N) is 2. The molecule has 0 aromatic heterocycles. The first-order valence-electron chi connectivity index (χ1n) is 9.53. The predicted octanol–water partition coefficient (Wildman–Crippen LogP) is 4.36. The van der Waals surface area contributed by atoms with E-state index in [4.69, 9.17) is 0 Å². The zero-order valence-corrected chi connectivity index (χ0v) is 16.7. The Kier molecular flexibility index (Phi) is 9.82. The quantitative estimate of drug-likeness (QED) is 0.553. The number of benzene rings is 1. The van der Waals surface area contributed by atoms with Gasteiger partial charge in [-0.1, -0.05) is 32.0 Å². The lowest BCUT2D eigenvalue weighted by atomic mass is 10.1. The van der Waals surface area contributed by atoms with Crippen LogP contribution in [-0.4, -0.2) is 48.1 Å². The summed E-state index contributed by atoms with van der Waals surface area (Å²) in [7, 11) is 1.52. The van der Waals surface area contributed by atoms with Gasteiger partial charge in [0.1, 0.15) is 5.75 Å². The highest BCUT2D eigenvalue weighted by atomic mass is 19.4. The lowest BCUT2D eigenvalue weighted by Crippen LogP contribution is -2.32. The van der Waals surface area contributed by atoms with E-state index in [2.05, 4.69) is 4.74 Å². The molecule has 0 heterocycles. The molecule has 5 nitrogen and oxygen atoms in total. The minimum atomic E-state index is -4.79. The molecule has 0 spiro atoms. The molecule has 0 unspecified atom stereocenters. The number of rotatable bonds is 11. The van der Waals surface area contributed by atoms with Crippen molar-refractivity contribution in [1.29, 1.82) is 0 Å². The molecule has 1 aromatic rings. The fourth-order valence-electron chi connectivity index (χ4n) is 2.84. The van der Waals surface area contributed by atoms with E-state index in [1.54, 1.807) is 11.0 Å². The Morgan fingerprint density at radius 2 is 1.57 bits per heavy atom. The Morgan fingerprint density at radius 3 is 2.14 bits per heavy atom. The average Bonchev–Trinajstić information content (AvgIpc) is 2.61. The van der Waals surface area contributed by atoms with Crippen LogP contribution in [0, 0.1) is 0 Å². The summed E-state index contributed by atoms with van der Waals surface area (Å²) >= 11 is 0. The molecule has 0 aliphatic heterocycles. The van der Waals surface area contributed by atoms with Gasteiger partial charge in [-0.2, -0.15) is 0 Å². The summed E-state index contributed by atoms with van der Waals surface area (Å²) in [6.45, 7) is 5.42. The number of alkyl halides is 3. The van der Waals surface area contributed by atoms with Gasteiger partial charge in [0.25, 0.3) is 0 Å². The zero-order chi connectivity index (χ0) is 21.2. The fourth-order valence-corrected chi connectivity index (χ4v) is 2.84. The summed E-state index contributed by atoms with van der Waals surface area (Å²) in [6, 6.07) is 5.74. The summed E-state index contributed by atoms with van der Waals surface area (Å²) in [5.41, 5.74) is 0.267. The monoisotopic (exact) mass is 402 g/mol. The van der Waals surface area contributed by atoms with Crippen LogP contribution in [-0.2, 0) is 16.1 Å². The van der Waals surface area contributed by atoms with Crippen LogP contribution in [0.2, 0.25) is 0 Å². The molecular formula is C20H29F3N2O3. The van der Waals surface area contributed by atoms with Crippen LogP contribution in [0.5, 0.6) is 5.75 Å². The molecule has 158 valence electrons. The SMILES string of the molecule is CCCN(CCC)C(=O)CCCC(=O)N(C)Cc1ccccc1OC(F)(F)F. The number of ether oxygens (including phenoxy) is 1. The van der Waals surface area contributed by atoms with Gasteiger partial charge in [-0.25, -0.2) is 0 Å². The number of carbonyl (C=O) groups excluding carboxylic acids is 2. The number of halogens is 3. The highest BCUT2D eigenvalue weighted by Gasteiger charge is 2.32. The number of amides is 2. The van der Waals surface area contributed by atoms with E-state index in [0.717, 1.165) is 12.8 Å². The summed E-state index contributed by atoms with van der Waals surface area (Å²) in [6.07, 6.45) is -2.17. The zero-order valence-electron chi connectivity index (χ0n) is 16.7. The van der Waals surface area contributed by atoms with Crippen LogP contribution < -0.4 is 4.74 Å². The number of para-hydroxylation sites is 1. The van der Waals surface area contributed by atoms with E-state index in [-0.39, 0.29) is 42.5 Å². The second-order valence-corrected chi connectivity index (χ2v) is 6.64. The standard InChI is InChI=1S/C20H29F3N2O3/c1-4-13-25(14-5-2)19(27)12-8-11-18(26)24(3)15-16-9-6-7-10-17(16)28-20(21,22)23/h6-7,9-10H,4-5,8,11-15H2,1-3H3. The first-order valence-corrected chi connectivity index (χ1v) is 9.53. The molecule has 0 saturated carbocycles. The Bertz CT molecular complexity index is 629. The first kappa shape index (κ1) is 23.8. The summed E-state index contributed by atoms with van der Waals surface area (Å²) in [4.78, 5) is 27.7. The molecule has 0 N–H and O–H groups in total. The molecule has 0 aliphatic carbocycles. The molecule has 1 rings (SSSR count). The molecule has 0 saturated heterocycles. The van der Waals surface area contributed by atoms with Gasteiger partial charge in [-0.15, -0.1) is 13.2 Å². The van der Waals surface area contributed by atoms with E-state index in [1.807, 2.05) is 13.8 Å². The topological polar surface area (TPSA) is 49.9 Å². The Morgan fingerprint density at radius 1 is 1.00 bits per heavy atom. The molecule has 0 fully saturated rings. The van der Waals surface area contributed by atoms with Gasteiger partial charge >= 0.3 is 6.36 Å². The molecule has 8 heteroatoms. The molecule has 0 aliphatic rings. The van der Waals surface area contributed by atoms with Crippen molar-refractivity contribution in [2.45, 2.75) is 58.9 Å². The van der Waals surface area contributed by atoms with Gasteiger partial charge < -0.3 is 14.5 Å². The molecule has 1 aromatic carbocycles. The minimum Gasteiger partial charge on any atom is -0.405 e. The number of hydrogen-bond donors (Lipinski definition) is 0. The smallest absolute Gasteiger partial charge is 0.405 e.